The highest BCUT2D eigenvalue weighted by atomic mass is 16.5. The van der Waals surface area contributed by atoms with Crippen molar-refractivity contribution in [3.63, 3.8) is 0 Å². The van der Waals surface area contributed by atoms with E-state index in [2.05, 4.69) is 11.4 Å². The Hall–Kier alpha value is -5.60. The second-order valence-electron chi connectivity index (χ2n) is 11.5. The summed E-state index contributed by atoms with van der Waals surface area (Å²) in [6.07, 6.45) is -0.370. The maximum atomic E-state index is 14.3. The molecule has 11 heteroatoms. The zero-order chi connectivity index (χ0) is 32.9. The number of urea groups is 1. The quantitative estimate of drug-likeness (QED) is 0.263. The van der Waals surface area contributed by atoms with Gasteiger partial charge in [-0.2, -0.15) is 10.3 Å². The molecule has 0 aromatic heterocycles. The molecule has 2 atom stereocenters. The van der Waals surface area contributed by atoms with E-state index in [1.165, 1.54) is 5.01 Å². The summed E-state index contributed by atoms with van der Waals surface area (Å²) in [6, 6.07) is 29.5. The van der Waals surface area contributed by atoms with Crippen LogP contribution in [0.1, 0.15) is 16.7 Å². The minimum Gasteiger partial charge on any atom is -0.497 e. The standard InChI is InChI=1S/C36H36N6O5/c1-46-29-14-10-25(11-15-29)20-32-35(44)39(22-28-8-5-7-27-6-3-4-9-31(27)28)23-33-41(24-34(43)42(32)33)40(19-18-37)36(45)38-21-26-12-16-30(47-2)17-13-26/h3-17,32-33H,19-24H2,1-2H3,(H,38,45)/t32-,33+/m0/s1. The molecule has 4 amide bonds. The van der Waals surface area contributed by atoms with Gasteiger partial charge in [0, 0.05) is 19.5 Å². The van der Waals surface area contributed by atoms with Crippen LogP contribution in [0.3, 0.4) is 0 Å². The number of ether oxygens (including phenoxy) is 2. The summed E-state index contributed by atoms with van der Waals surface area (Å²) >= 11 is 0. The Morgan fingerprint density at radius 2 is 1.57 bits per heavy atom. The first kappa shape index (κ1) is 31.4. The van der Waals surface area contributed by atoms with Gasteiger partial charge in [-0.15, -0.1) is 0 Å². The molecule has 1 N–H and O–H groups in total. The van der Waals surface area contributed by atoms with Crippen LogP contribution in [0.25, 0.3) is 10.8 Å². The Kier molecular flexibility index (Phi) is 9.22. The Labute approximate surface area is 273 Å². The monoisotopic (exact) mass is 632 g/mol. The second-order valence-corrected chi connectivity index (χ2v) is 11.5. The predicted octanol–water partition coefficient (Wildman–Crippen LogP) is 3.93. The topological polar surface area (TPSA) is 118 Å². The van der Waals surface area contributed by atoms with Gasteiger partial charge in [0.15, 0.2) is 0 Å². The summed E-state index contributed by atoms with van der Waals surface area (Å²) in [5.74, 6) is 0.940. The lowest BCUT2D eigenvalue weighted by Gasteiger charge is -2.46. The zero-order valence-corrected chi connectivity index (χ0v) is 26.3. The van der Waals surface area contributed by atoms with Crippen molar-refractivity contribution in [2.45, 2.75) is 31.7 Å². The van der Waals surface area contributed by atoms with E-state index in [1.807, 2.05) is 78.9 Å². The molecule has 0 saturated carbocycles. The molecule has 0 unspecified atom stereocenters. The van der Waals surface area contributed by atoms with E-state index in [0.29, 0.717) is 18.0 Å². The van der Waals surface area contributed by atoms with Gasteiger partial charge in [-0.25, -0.2) is 9.80 Å². The smallest absolute Gasteiger partial charge is 0.333 e. The van der Waals surface area contributed by atoms with Gasteiger partial charge in [0.25, 0.3) is 0 Å². The van der Waals surface area contributed by atoms with E-state index >= 15 is 0 Å². The first-order chi connectivity index (χ1) is 22.9. The van der Waals surface area contributed by atoms with Crippen molar-refractivity contribution >= 4 is 28.6 Å². The Morgan fingerprint density at radius 3 is 2.26 bits per heavy atom. The molecule has 2 saturated heterocycles. The number of amides is 4. The van der Waals surface area contributed by atoms with E-state index in [1.54, 1.807) is 41.2 Å². The Balaban J connectivity index is 1.30. The normalized spacial score (nSPS) is 17.7. The number of carbonyl (C=O) groups excluding carboxylic acids is 3. The number of methoxy groups -OCH3 is 2. The van der Waals surface area contributed by atoms with Crippen molar-refractivity contribution in [2.75, 3.05) is 33.9 Å². The molecule has 240 valence electrons. The van der Waals surface area contributed by atoms with E-state index in [9.17, 15) is 19.6 Å². The van der Waals surface area contributed by atoms with Gasteiger partial charge in [0.05, 0.1) is 33.4 Å². The third-order valence-electron chi connectivity index (χ3n) is 8.76. The number of nitrogens with one attached hydrogen (secondary N) is 1. The molecule has 0 bridgehead atoms. The highest BCUT2D eigenvalue weighted by Crippen LogP contribution is 2.31. The number of carbonyl (C=O) groups is 3. The molecule has 2 aliphatic heterocycles. The summed E-state index contributed by atoms with van der Waals surface area (Å²) in [4.78, 5) is 44.9. The molecular weight excluding hydrogens is 596 g/mol. The highest BCUT2D eigenvalue weighted by molar-refractivity contribution is 5.92. The molecule has 47 heavy (non-hydrogen) atoms. The first-order valence-corrected chi connectivity index (χ1v) is 15.4. The minimum atomic E-state index is -0.805. The van der Waals surface area contributed by atoms with Gasteiger partial charge in [-0.05, 0) is 51.7 Å². The third kappa shape index (κ3) is 6.55. The summed E-state index contributed by atoms with van der Waals surface area (Å²) < 4.78 is 10.5. The lowest BCUT2D eigenvalue weighted by atomic mass is 9.99. The van der Waals surface area contributed by atoms with Crippen LogP contribution < -0.4 is 14.8 Å². The fourth-order valence-corrected chi connectivity index (χ4v) is 6.37. The van der Waals surface area contributed by atoms with Crippen molar-refractivity contribution in [1.82, 2.24) is 25.1 Å². The van der Waals surface area contributed by atoms with E-state index in [0.717, 1.165) is 27.5 Å². The molecule has 0 spiro atoms. The molecular formula is C36H36N6O5. The van der Waals surface area contributed by atoms with Crippen LogP contribution in [0.2, 0.25) is 0 Å². The average Bonchev–Trinajstić information content (AvgIpc) is 3.43. The van der Waals surface area contributed by atoms with Crippen LogP contribution in [-0.2, 0) is 29.1 Å². The third-order valence-corrected chi connectivity index (χ3v) is 8.76. The largest absolute Gasteiger partial charge is 0.497 e. The highest BCUT2D eigenvalue weighted by Gasteiger charge is 2.52. The molecule has 2 fully saturated rings. The summed E-state index contributed by atoms with van der Waals surface area (Å²) in [6.45, 7) is 0.296. The first-order valence-electron chi connectivity index (χ1n) is 15.4. The lowest BCUT2D eigenvalue weighted by molar-refractivity contribution is -0.157. The van der Waals surface area contributed by atoms with Crippen LogP contribution in [-0.4, -0.2) is 83.7 Å². The van der Waals surface area contributed by atoms with Crippen LogP contribution in [0.4, 0.5) is 4.79 Å². The number of nitriles is 1. The Bertz CT molecular complexity index is 1800. The van der Waals surface area contributed by atoms with Crippen molar-refractivity contribution in [1.29, 1.82) is 5.26 Å². The van der Waals surface area contributed by atoms with Crippen LogP contribution in [0, 0.1) is 11.3 Å². The number of hydrogen-bond acceptors (Lipinski definition) is 7. The van der Waals surface area contributed by atoms with E-state index < -0.39 is 18.2 Å². The maximum absolute atomic E-state index is 14.3. The van der Waals surface area contributed by atoms with Crippen molar-refractivity contribution in [3.05, 3.63) is 108 Å². The molecule has 6 rings (SSSR count). The molecule has 2 aliphatic rings. The van der Waals surface area contributed by atoms with Crippen molar-refractivity contribution in [2.24, 2.45) is 0 Å². The SMILES string of the molecule is COc1ccc(CNC(=O)N(CC#N)N2CC(=O)N3[C@@H](Cc4ccc(OC)cc4)C(=O)N(Cc4cccc5ccccc45)C[C@@H]32)cc1. The van der Waals surface area contributed by atoms with Crippen LogP contribution in [0.5, 0.6) is 11.5 Å². The fourth-order valence-electron chi connectivity index (χ4n) is 6.37. The molecule has 4 aromatic carbocycles. The van der Waals surface area contributed by atoms with Gasteiger partial charge in [0.2, 0.25) is 11.8 Å². The summed E-state index contributed by atoms with van der Waals surface area (Å²) in [7, 11) is 3.17. The van der Waals surface area contributed by atoms with Gasteiger partial charge < -0.3 is 24.6 Å². The number of rotatable bonds is 10. The van der Waals surface area contributed by atoms with Gasteiger partial charge in [-0.3, -0.25) is 9.59 Å². The van der Waals surface area contributed by atoms with Gasteiger partial charge >= 0.3 is 6.03 Å². The number of hydrazine groups is 1. The second kappa shape index (κ2) is 13.8. The number of fused-ring (bicyclic) bond motifs is 2. The number of benzene rings is 4. The predicted molar refractivity (Wildman–Crippen MR) is 175 cm³/mol. The number of nitrogens with zero attached hydrogens (tertiary/aromatic N) is 5. The Morgan fingerprint density at radius 1 is 0.915 bits per heavy atom. The zero-order valence-electron chi connectivity index (χ0n) is 26.3. The lowest BCUT2D eigenvalue weighted by Crippen LogP contribution is -2.66. The molecule has 0 aliphatic carbocycles. The summed E-state index contributed by atoms with van der Waals surface area (Å²) in [5, 5.41) is 17.6. The van der Waals surface area contributed by atoms with Gasteiger partial charge in [0.1, 0.15) is 30.3 Å². The van der Waals surface area contributed by atoms with Crippen molar-refractivity contribution < 1.29 is 23.9 Å². The van der Waals surface area contributed by atoms with Crippen LogP contribution >= 0.6 is 0 Å². The number of hydrogen-bond donors (Lipinski definition) is 1. The average molecular weight is 633 g/mol. The van der Waals surface area contributed by atoms with Gasteiger partial charge in [-0.1, -0.05) is 66.7 Å². The molecule has 11 nitrogen and oxygen atoms in total. The van der Waals surface area contributed by atoms with Crippen molar-refractivity contribution in [3.8, 4) is 17.6 Å². The molecule has 0 radical (unpaired) electrons. The molecule has 4 aromatic rings. The van der Waals surface area contributed by atoms with Crippen LogP contribution in [0.15, 0.2) is 91.0 Å². The minimum absolute atomic E-state index is 0.142. The van der Waals surface area contributed by atoms with E-state index in [-0.39, 0.29) is 44.4 Å². The van der Waals surface area contributed by atoms with E-state index in [4.69, 9.17) is 9.47 Å². The number of piperazine rings is 1. The fraction of sp³-hybridized carbons (Fsp3) is 0.278. The molecule has 2 heterocycles. The summed E-state index contributed by atoms with van der Waals surface area (Å²) in [5.41, 5.74) is 2.70. The maximum Gasteiger partial charge on any atom is 0.333 e.